The van der Waals surface area contributed by atoms with Crippen molar-refractivity contribution in [2.45, 2.75) is 25.2 Å². The summed E-state index contributed by atoms with van der Waals surface area (Å²) in [6.45, 7) is 5.90. The van der Waals surface area contributed by atoms with Gasteiger partial charge in [-0.2, -0.15) is 0 Å². The molecular weight excluding hydrogens is 483 g/mol. The van der Waals surface area contributed by atoms with E-state index in [-0.39, 0.29) is 50.7 Å². The van der Waals surface area contributed by atoms with E-state index in [0.717, 1.165) is 12.0 Å². The van der Waals surface area contributed by atoms with Gasteiger partial charge in [0, 0.05) is 24.5 Å². The first-order valence-corrected chi connectivity index (χ1v) is 12.8. The van der Waals surface area contributed by atoms with Crippen LogP contribution in [-0.2, 0) is 22.6 Å². The Labute approximate surface area is 214 Å². The lowest BCUT2D eigenvalue weighted by atomic mass is 10.0. The first kappa shape index (κ1) is 26.1. The van der Waals surface area contributed by atoms with Crippen LogP contribution in [-0.4, -0.2) is 66.3 Å². The molecule has 192 valence electrons. The van der Waals surface area contributed by atoms with Gasteiger partial charge in [0.05, 0.1) is 31.6 Å². The van der Waals surface area contributed by atoms with Gasteiger partial charge in [-0.05, 0) is 59.8 Å². The van der Waals surface area contributed by atoms with E-state index in [0.29, 0.717) is 24.6 Å². The molecule has 3 aromatic rings. The van der Waals surface area contributed by atoms with Gasteiger partial charge in [0.15, 0.2) is 0 Å². The molecule has 1 aliphatic heterocycles. The highest BCUT2D eigenvalue weighted by Gasteiger charge is 2.33. The number of furan rings is 1. The van der Waals surface area contributed by atoms with E-state index < -0.39 is 6.10 Å². The third-order valence-corrected chi connectivity index (χ3v) is 6.98. The van der Waals surface area contributed by atoms with Crippen LogP contribution in [0.3, 0.4) is 0 Å². The van der Waals surface area contributed by atoms with Crippen LogP contribution in [0.25, 0.3) is 0 Å². The first-order valence-electron chi connectivity index (χ1n) is 11.9. The number of hydrogen-bond donors (Lipinski definition) is 1. The molecule has 2 atom stereocenters. The van der Waals surface area contributed by atoms with Crippen molar-refractivity contribution in [1.29, 1.82) is 0 Å². The van der Waals surface area contributed by atoms with E-state index in [2.05, 4.69) is 6.58 Å². The maximum atomic E-state index is 13.5. The van der Waals surface area contributed by atoms with Crippen molar-refractivity contribution in [2.75, 3.05) is 39.4 Å². The van der Waals surface area contributed by atoms with E-state index in [4.69, 9.17) is 13.9 Å². The Kier molecular flexibility index (Phi) is 9.29. The summed E-state index contributed by atoms with van der Waals surface area (Å²) in [5, 5.41) is 12.5. The molecule has 1 amide bonds. The zero-order valence-electron chi connectivity index (χ0n) is 20.1. The minimum atomic E-state index is -0.768. The predicted molar refractivity (Wildman–Crippen MR) is 135 cm³/mol. The number of rotatable bonds is 13. The number of nitrogens with zero attached hydrogens (tertiary/aromatic N) is 2. The zero-order valence-corrected chi connectivity index (χ0v) is 20.9. The van der Waals surface area contributed by atoms with Gasteiger partial charge >= 0.3 is 0 Å². The van der Waals surface area contributed by atoms with Crippen LogP contribution in [0.1, 0.15) is 22.2 Å². The van der Waals surface area contributed by atoms with Crippen LogP contribution in [0.15, 0.2) is 71.2 Å². The molecule has 2 unspecified atom stereocenters. The molecule has 7 nitrogen and oxygen atoms in total. The SMILES string of the molecule is C=CCN(CC(=O)N1CCc2sccc2C1COc1ccc(F)cc1)CC(O)COCc1ccco1. The van der Waals surface area contributed by atoms with Crippen LogP contribution in [0.2, 0.25) is 0 Å². The summed E-state index contributed by atoms with van der Waals surface area (Å²) in [7, 11) is 0. The smallest absolute Gasteiger partial charge is 0.237 e. The van der Waals surface area contributed by atoms with E-state index in [1.54, 1.807) is 41.9 Å². The lowest BCUT2D eigenvalue weighted by Crippen LogP contribution is -2.48. The maximum absolute atomic E-state index is 13.5. The van der Waals surface area contributed by atoms with Gasteiger partial charge in [0.2, 0.25) is 5.91 Å². The second kappa shape index (κ2) is 12.8. The fourth-order valence-electron chi connectivity index (χ4n) is 4.29. The van der Waals surface area contributed by atoms with Crippen LogP contribution in [0.5, 0.6) is 5.75 Å². The molecular formula is C27H31FN2O5S. The first-order chi connectivity index (χ1) is 17.5. The Bertz CT molecular complexity index is 1100. The Morgan fingerprint density at radius 1 is 1.33 bits per heavy atom. The van der Waals surface area contributed by atoms with Crippen molar-refractivity contribution in [2.24, 2.45) is 0 Å². The number of benzene rings is 1. The molecule has 36 heavy (non-hydrogen) atoms. The maximum Gasteiger partial charge on any atom is 0.237 e. The van der Waals surface area contributed by atoms with E-state index in [1.165, 1.54) is 17.0 Å². The highest BCUT2D eigenvalue weighted by atomic mass is 32.1. The Morgan fingerprint density at radius 2 is 2.17 bits per heavy atom. The molecule has 0 fully saturated rings. The van der Waals surface area contributed by atoms with Crippen LogP contribution in [0.4, 0.5) is 4.39 Å². The molecule has 0 aliphatic carbocycles. The largest absolute Gasteiger partial charge is 0.491 e. The van der Waals surface area contributed by atoms with E-state index >= 15 is 0 Å². The molecule has 0 radical (unpaired) electrons. The van der Waals surface area contributed by atoms with E-state index in [9.17, 15) is 14.3 Å². The standard InChI is InChI=1S/C27H31FN2O5S/c1-2-11-29(15-21(31)17-33-18-23-4-3-13-34-23)16-27(32)30-12-9-26-24(10-14-36-26)25(30)19-35-22-7-5-20(28)6-8-22/h2-8,10,13-14,21,25,31H,1,9,11-12,15-19H2. The Hall–Kier alpha value is -2.98. The van der Waals surface area contributed by atoms with Gasteiger partial charge in [-0.15, -0.1) is 17.9 Å². The molecule has 0 saturated heterocycles. The predicted octanol–water partition coefficient (Wildman–Crippen LogP) is 4.05. The van der Waals surface area contributed by atoms with Gasteiger partial charge in [-0.1, -0.05) is 6.08 Å². The fourth-order valence-corrected chi connectivity index (χ4v) is 5.22. The second-order valence-electron chi connectivity index (χ2n) is 8.65. The molecule has 1 N–H and O–H groups in total. The zero-order chi connectivity index (χ0) is 25.3. The summed E-state index contributed by atoms with van der Waals surface area (Å²) in [5.41, 5.74) is 1.09. The minimum Gasteiger partial charge on any atom is -0.491 e. The molecule has 9 heteroatoms. The summed E-state index contributed by atoms with van der Waals surface area (Å²) in [4.78, 5) is 18.4. The number of aliphatic hydroxyl groups excluding tert-OH is 1. The summed E-state index contributed by atoms with van der Waals surface area (Å²) in [6.07, 6.45) is 3.31. The van der Waals surface area contributed by atoms with Crippen LogP contribution < -0.4 is 4.74 Å². The van der Waals surface area contributed by atoms with Crippen molar-refractivity contribution < 1.29 is 28.2 Å². The third kappa shape index (κ3) is 7.04. The van der Waals surface area contributed by atoms with Gasteiger partial charge < -0.3 is 23.9 Å². The summed E-state index contributed by atoms with van der Waals surface area (Å²) < 4.78 is 30.0. The number of halogens is 1. The number of ether oxygens (including phenoxy) is 2. The van der Waals surface area contributed by atoms with Crippen molar-refractivity contribution in [3.8, 4) is 5.75 Å². The Balaban J connectivity index is 1.36. The number of amides is 1. The van der Waals surface area contributed by atoms with Gasteiger partial charge in [0.1, 0.15) is 30.5 Å². The molecule has 1 aliphatic rings. The lowest BCUT2D eigenvalue weighted by Gasteiger charge is -2.37. The summed E-state index contributed by atoms with van der Waals surface area (Å²) in [6, 6.07) is 11.3. The summed E-state index contributed by atoms with van der Waals surface area (Å²) >= 11 is 1.68. The highest BCUT2D eigenvalue weighted by Crippen LogP contribution is 2.34. The molecule has 4 rings (SSSR count). The number of thiophene rings is 1. The summed E-state index contributed by atoms with van der Waals surface area (Å²) in [5.74, 6) is 0.863. The lowest BCUT2D eigenvalue weighted by molar-refractivity contribution is -0.136. The molecule has 3 heterocycles. The Morgan fingerprint density at radius 3 is 2.92 bits per heavy atom. The van der Waals surface area contributed by atoms with Gasteiger partial charge in [0.25, 0.3) is 0 Å². The quantitative estimate of drug-likeness (QED) is 0.347. The molecule has 1 aromatic carbocycles. The number of carbonyl (C=O) groups excluding carboxylic acids is 1. The number of aliphatic hydroxyl groups is 1. The normalized spacial score (nSPS) is 16.1. The van der Waals surface area contributed by atoms with E-state index in [1.807, 2.05) is 27.3 Å². The number of hydrogen-bond acceptors (Lipinski definition) is 7. The molecule has 0 spiro atoms. The van der Waals surface area contributed by atoms with Crippen molar-refractivity contribution in [1.82, 2.24) is 9.80 Å². The topological polar surface area (TPSA) is 75.4 Å². The van der Waals surface area contributed by atoms with Gasteiger partial charge in [-0.3, -0.25) is 9.69 Å². The van der Waals surface area contributed by atoms with Crippen LogP contribution >= 0.6 is 11.3 Å². The number of carbonyl (C=O) groups is 1. The number of fused-ring (bicyclic) bond motifs is 1. The third-order valence-electron chi connectivity index (χ3n) is 5.99. The average Bonchev–Trinajstić information content (AvgIpc) is 3.56. The van der Waals surface area contributed by atoms with Crippen molar-refractivity contribution >= 4 is 17.2 Å². The monoisotopic (exact) mass is 514 g/mol. The van der Waals surface area contributed by atoms with Crippen molar-refractivity contribution in [3.63, 3.8) is 0 Å². The second-order valence-corrected chi connectivity index (χ2v) is 9.65. The molecule has 0 saturated carbocycles. The minimum absolute atomic E-state index is 0.0508. The van der Waals surface area contributed by atoms with Crippen molar-refractivity contribution in [3.05, 3.63) is 88.8 Å². The molecule has 2 aromatic heterocycles. The average molecular weight is 515 g/mol. The van der Waals surface area contributed by atoms with Crippen LogP contribution in [0, 0.1) is 5.82 Å². The van der Waals surface area contributed by atoms with Gasteiger partial charge in [-0.25, -0.2) is 4.39 Å². The highest BCUT2D eigenvalue weighted by molar-refractivity contribution is 7.10. The fraction of sp³-hybridized carbons (Fsp3) is 0.370. The molecule has 0 bridgehead atoms.